The summed E-state index contributed by atoms with van der Waals surface area (Å²) in [7, 11) is -4.13. The zero-order chi connectivity index (χ0) is 30.3. The smallest absolute Gasteiger partial charge is 0.264 e. The van der Waals surface area contributed by atoms with E-state index in [1.54, 1.807) is 48.2 Å². The maximum absolute atomic E-state index is 14.3. The van der Waals surface area contributed by atoms with E-state index in [0.717, 1.165) is 47.5 Å². The second-order valence-electron chi connectivity index (χ2n) is 11.0. The summed E-state index contributed by atoms with van der Waals surface area (Å²) < 4.78 is 29.2. The maximum Gasteiger partial charge on any atom is 0.264 e. The number of hydrogen-bond donors (Lipinski definition) is 1. The molecule has 0 aliphatic heterocycles. The molecule has 1 aliphatic rings. The first-order valence-electron chi connectivity index (χ1n) is 14.6. The van der Waals surface area contributed by atoms with E-state index in [4.69, 9.17) is 11.6 Å². The summed E-state index contributed by atoms with van der Waals surface area (Å²) in [4.78, 5) is 29.6. The number of anilines is 1. The van der Waals surface area contributed by atoms with Gasteiger partial charge >= 0.3 is 0 Å². The summed E-state index contributed by atoms with van der Waals surface area (Å²) in [5.41, 5.74) is 2.85. The molecule has 0 saturated heterocycles. The third-order valence-corrected chi connectivity index (χ3v) is 9.99. The molecule has 1 fully saturated rings. The van der Waals surface area contributed by atoms with E-state index in [1.807, 2.05) is 38.1 Å². The molecule has 1 N–H and O–H groups in total. The second-order valence-corrected chi connectivity index (χ2v) is 13.3. The SMILES string of the molecule is CC[C@H](C(=O)NC1CCCCC1)N(Cc1ccccc1C)C(=O)CN(c1ccc(Cl)cc1C)S(=O)(=O)c1ccccc1. The zero-order valence-corrected chi connectivity index (χ0v) is 26.1. The number of hydrogen-bond acceptors (Lipinski definition) is 4. The van der Waals surface area contributed by atoms with Crippen LogP contribution in [0.2, 0.25) is 5.02 Å². The van der Waals surface area contributed by atoms with Crippen molar-refractivity contribution >= 4 is 39.1 Å². The predicted octanol–water partition coefficient (Wildman–Crippen LogP) is 6.41. The van der Waals surface area contributed by atoms with Crippen LogP contribution in [0.3, 0.4) is 0 Å². The molecule has 0 unspecified atom stereocenters. The predicted molar refractivity (Wildman–Crippen MR) is 168 cm³/mol. The summed E-state index contributed by atoms with van der Waals surface area (Å²) in [6.07, 6.45) is 5.54. The van der Waals surface area contributed by atoms with Gasteiger partial charge in [0.2, 0.25) is 11.8 Å². The van der Waals surface area contributed by atoms with Crippen LogP contribution >= 0.6 is 11.6 Å². The van der Waals surface area contributed by atoms with E-state index in [0.29, 0.717) is 22.7 Å². The van der Waals surface area contributed by atoms with Crippen LogP contribution in [0, 0.1) is 13.8 Å². The van der Waals surface area contributed by atoms with Crippen molar-refractivity contribution in [1.29, 1.82) is 0 Å². The lowest BCUT2D eigenvalue weighted by Crippen LogP contribution is -2.54. The van der Waals surface area contributed by atoms with Gasteiger partial charge in [0, 0.05) is 17.6 Å². The number of halogens is 1. The molecule has 7 nitrogen and oxygen atoms in total. The van der Waals surface area contributed by atoms with E-state index in [-0.39, 0.29) is 23.4 Å². The minimum Gasteiger partial charge on any atom is -0.352 e. The normalized spacial score (nSPS) is 14.7. The van der Waals surface area contributed by atoms with E-state index in [2.05, 4.69) is 5.32 Å². The molecule has 2 amide bonds. The number of aryl methyl sites for hydroxylation is 2. The van der Waals surface area contributed by atoms with Gasteiger partial charge < -0.3 is 10.2 Å². The summed E-state index contributed by atoms with van der Waals surface area (Å²) in [5.74, 6) is -0.663. The number of rotatable bonds is 11. The Morgan fingerprint density at radius 3 is 2.24 bits per heavy atom. The van der Waals surface area contributed by atoms with Gasteiger partial charge in [0.15, 0.2) is 0 Å². The van der Waals surface area contributed by atoms with Crippen LogP contribution in [0.25, 0.3) is 0 Å². The lowest BCUT2D eigenvalue weighted by Gasteiger charge is -2.35. The third-order valence-electron chi connectivity index (χ3n) is 7.98. The quantitative estimate of drug-likeness (QED) is 0.272. The van der Waals surface area contributed by atoms with E-state index >= 15 is 0 Å². The Labute approximate surface area is 254 Å². The van der Waals surface area contributed by atoms with Gasteiger partial charge in [-0.15, -0.1) is 0 Å². The Morgan fingerprint density at radius 2 is 1.60 bits per heavy atom. The first kappa shape index (κ1) is 31.6. The van der Waals surface area contributed by atoms with Crippen LogP contribution in [0.5, 0.6) is 0 Å². The highest BCUT2D eigenvalue weighted by Crippen LogP contribution is 2.30. The van der Waals surface area contributed by atoms with Crippen LogP contribution < -0.4 is 9.62 Å². The third kappa shape index (κ3) is 7.53. The van der Waals surface area contributed by atoms with Crippen molar-refractivity contribution in [1.82, 2.24) is 10.2 Å². The van der Waals surface area contributed by atoms with Crippen molar-refractivity contribution in [2.45, 2.75) is 82.8 Å². The van der Waals surface area contributed by atoms with Gasteiger partial charge in [-0.3, -0.25) is 13.9 Å². The Kier molecular flexibility index (Phi) is 10.7. The van der Waals surface area contributed by atoms with E-state index in [9.17, 15) is 18.0 Å². The van der Waals surface area contributed by atoms with Gasteiger partial charge in [0.05, 0.1) is 10.6 Å². The lowest BCUT2D eigenvalue weighted by molar-refractivity contribution is -0.140. The molecule has 3 aromatic carbocycles. The van der Waals surface area contributed by atoms with Crippen molar-refractivity contribution in [3.05, 3.63) is 94.5 Å². The van der Waals surface area contributed by atoms with Crippen LogP contribution in [-0.4, -0.2) is 43.8 Å². The van der Waals surface area contributed by atoms with Crippen molar-refractivity contribution in [3.8, 4) is 0 Å². The Bertz CT molecular complexity index is 1490. The average molecular weight is 610 g/mol. The average Bonchev–Trinajstić information content (AvgIpc) is 2.98. The summed E-state index contributed by atoms with van der Waals surface area (Å²) in [6, 6.07) is 20.0. The molecule has 1 atom stereocenters. The van der Waals surface area contributed by atoms with Crippen LogP contribution in [0.1, 0.15) is 62.1 Å². The van der Waals surface area contributed by atoms with E-state index in [1.165, 1.54) is 12.1 Å². The highest BCUT2D eigenvalue weighted by molar-refractivity contribution is 7.92. The Balaban J connectivity index is 1.73. The molecular formula is C33H40ClN3O4S. The number of nitrogens with zero attached hydrogens (tertiary/aromatic N) is 2. The molecule has 224 valence electrons. The number of nitrogens with one attached hydrogen (secondary N) is 1. The van der Waals surface area contributed by atoms with Crippen molar-refractivity contribution in [2.24, 2.45) is 0 Å². The minimum absolute atomic E-state index is 0.0692. The largest absolute Gasteiger partial charge is 0.352 e. The molecule has 1 saturated carbocycles. The van der Waals surface area contributed by atoms with E-state index < -0.39 is 28.5 Å². The van der Waals surface area contributed by atoms with Crippen LogP contribution in [-0.2, 0) is 26.2 Å². The number of carbonyl (C=O) groups excluding carboxylic acids is 2. The van der Waals surface area contributed by atoms with Crippen molar-refractivity contribution < 1.29 is 18.0 Å². The molecule has 0 heterocycles. The zero-order valence-electron chi connectivity index (χ0n) is 24.6. The van der Waals surface area contributed by atoms with Crippen LogP contribution in [0.4, 0.5) is 5.69 Å². The van der Waals surface area contributed by atoms with Crippen molar-refractivity contribution in [3.63, 3.8) is 0 Å². The second kappa shape index (κ2) is 14.2. The fourth-order valence-electron chi connectivity index (χ4n) is 5.57. The summed E-state index contributed by atoms with van der Waals surface area (Å²) in [6.45, 7) is 5.31. The molecule has 9 heteroatoms. The molecule has 3 aromatic rings. The molecule has 1 aliphatic carbocycles. The first-order valence-corrected chi connectivity index (χ1v) is 16.4. The first-order chi connectivity index (χ1) is 20.1. The fraction of sp³-hybridized carbons (Fsp3) is 0.394. The number of sulfonamides is 1. The molecule has 0 spiro atoms. The number of amides is 2. The monoisotopic (exact) mass is 609 g/mol. The van der Waals surface area contributed by atoms with Crippen molar-refractivity contribution in [2.75, 3.05) is 10.8 Å². The molecule has 4 rings (SSSR count). The minimum atomic E-state index is -4.13. The molecular weight excluding hydrogens is 570 g/mol. The summed E-state index contributed by atoms with van der Waals surface area (Å²) in [5, 5.41) is 3.65. The Hall–Kier alpha value is -3.36. The number of benzene rings is 3. The fourth-order valence-corrected chi connectivity index (χ4v) is 7.29. The molecule has 0 aromatic heterocycles. The van der Waals surface area contributed by atoms with Gasteiger partial charge in [-0.05, 0) is 80.1 Å². The number of carbonyl (C=O) groups is 2. The highest BCUT2D eigenvalue weighted by atomic mass is 35.5. The van der Waals surface area contributed by atoms with Gasteiger partial charge in [-0.1, -0.05) is 80.3 Å². The standard InChI is InChI=1S/C33H40ClN3O4S/c1-4-30(33(39)35-28-15-7-5-8-16-28)36(22-26-14-12-11-13-24(26)2)32(38)23-37(31-20-19-27(34)21-25(31)3)42(40,41)29-17-9-6-10-18-29/h6,9-14,17-21,28,30H,4-5,7-8,15-16,22-23H2,1-3H3,(H,35,39)/t30-/m1/s1. The lowest BCUT2D eigenvalue weighted by atomic mass is 9.95. The Morgan fingerprint density at radius 1 is 0.929 bits per heavy atom. The molecule has 0 radical (unpaired) electrons. The topological polar surface area (TPSA) is 86.8 Å². The molecule has 42 heavy (non-hydrogen) atoms. The van der Waals surface area contributed by atoms with Gasteiger partial charge in [0.25, 0.3) is 10.0 Å². The summed E-state index contributed by atoms with van der Waals surface area (Å²) >= 11 is 6.20. The maximum atomic E-state index is 14.3. The van der Waals surface area contributed by atoms with Crippen LogP contribution in [0.15, 0.2) is 77.7 Å². The van der Waals surface area contributed by atoms with Gasteiger partial charge in [0.1, 0.15) is 12.6 Å². The van der Waals surface area contributed by atoms with Gasteiger partial charge in [-0.25, -0.2) is 8.42 Å². The molecule has 0 bridgehead atoms. The van der Waals surface area contributed by atoms with Gasteiger partial charge in [-0.2, -0.15) is 0 Å². The highest BCUT2D eigenvalue weighted by Gasteiger charge is 2.35.